The molecule has 1 amide bonds. The van der Waals surface area contributed by atoms with Crippen LogP contribution in [0.25, 0.3) is 11.0 Å². The van der Waals surface area contributed by atoms with E-state index < -0.39 is 11.6 Å². The average molecular weight is 460 g/mol. The first-order valence-electron chi connectivity index (χ1n) is 8.18. The summed E-state index contributed by atoms with van der Waals surface area (Å²) >= 11 is 2.20. The number of halogens is 1. The Bertz CT molecular complexity index is 753. The van der Waals surface area contributed by atoms with Gasteiger partial charge >= 0.3 is 6.09 Å². The number of carbonyl (C=O) groups is 1. The van der Waals surface area contributed by atoms with Crippen LogP contribution in [0.4, 0.5) is 10.6 Å². The predicted octanol–water partition coefficient (Wildman–Crippen LogP) is 3.06. The number of hydrogen-bond donors (Lipinski definition) is 1. The molecule has 0 unspecified atom stereocenters. The van der Waals surface area contributed by atoms with Crippen molar-refractivity contribution in [1.29, 1.82) is 0 Å². The third-order valence-corrected chi connectivity index (χ3v) is 4.69. The second-order valence-corrected chi connectivity index (χ2v) is 8.14. The molecule has 8 nitrogen and oxygen atoms in total. The molecule has 2 aromatic heterocycles. The summed E-state index contributed by atoms with van der Waals surface area (Å²) in [7, 11) is 3.89. The van der Waals surface area contributed by atoms with E-state index in [4.69, 9.17) is 0 Å². The van der Waals surface area contributed by atoms with Gasteiger partial charge in [0, 0.05) is 32.7 Å². The van der Waals surface area contributed by atoms with Crippen LogP contribution in [0.1, 0.15) is 33.6 Å². The maximum Gasteiger partial charge on any atom is 0.407 e. The van der Waals surface area contributed by atoms with Crippen LogP contribution < -0.4 is 4.90 Å². The van der Waals surface area contributed by atoms with Crippen molar-refractivity contribution in [2.45, 2.75) is 45.7 Å². The topological polar surface area (TPSA) is 87.4 Å². The van der Waals surface area contributed by atoms with Crippen molar-refractivity contribution in [2.24, 2.45) is 0 Å². The summed E-state index contributed by atoms with van der Waals surface area (Å²) in [6.45, 7) is 6.92. The van der Waals surface area contributed by atoms with E-state index in [0.717, 1.165) is 33.4 Å². The number of aromatic nitrogens is 4. The number of carboxylic acid groups (broad SMARTS) is 1. The van der Waals surface area contributed by atoms with Gasteiger partial charge in [0.25, 0.3) is 0 Å². The Morgan fingerprint density at radius 1 is 1.28 bits per heavy atom. The van der Waals surface area contributed by atoms with E-state index in [-0.39, 0.29) is 0 Å². The second kappa shape index (κ2) is 7.71. The van der Waals surface area contributed by atoms with Crippen molar-refractivity contribution < 1.29 is 9.90 Å². The molecule has 0 aliphatic carbocycles. The molecule has 138 valence electrons. The minimum atomic E-state index is -0.880. The molecule has 2 aromatic rings. The minimum Gasteiger partial charge on any atom is -0.465 e. The largest absolute Gasteiger partial charge is 0.465 e. The number of unbranched alkanes of at least 4 members (excludes halogenated alkanes) is 1. The van der Waals surface area contributed by atoms with E-state index in [0.29, 0.717) is 13.1 Å². The number of fused-ring (bicyclic) bond motifs is 1. The third kappa shape index (κ3) is 4.50. The lowest BCUT2D eigenvalue weighted by Gasteiger charge is -2.33. The molecule has 2 heterocycles. The van der Waals surface area contributed by atoms with Crippen molar-refractivity contribution in [3.63, 3.8) is 0 Å². The van der Waals surface area contributed by atoms with Gasteiger partial charge in [0.05, 0.1) is 5.39 Å². The highest BCUT2D eigenvalue weighted by atomic mass is 127. The molecule has 9 heteroatoms. The zero-order valence-corrected chi connectivity index (χ0v) is 17.5. The first-order chi connectivity index (χ1) is 11.6. The lowest BCUT2D eigenvalue weighted by molar-refractivity contribution is 0.0988. The molecule has 2 rings (SSSR count). The van der Waals surface area contributed by atoms with Crippen molar-refractivity contribution in [1.82, 2.24) is 24.6 Å². The van der Waals surface area contributed by atoms with E-state index in [1.54, 1.807) is 6.33 Å². The quantitative estimate of drug-likeness (QED) is 0.527. The smallest absolute Gasteiger partial charge is 0.407 e. The summed E-state index contributed by atoms with van der Waals surface area (Å²) in [5, 5.41) is 14.9. The van der Waals surface area contributed by atoms with Gasteiger partial charge < -0.3 is 14.9 Å². The highest BCUT2D eigenvalue weighted by Crippen LogP contribution is 2.26. The number of rotatable bonds is 6. The maximum absolute atomic E-state index is 11.4. The highest BCUT2D eigenvalue weighted by Gasteiger charge is 2.25. The van der Waals surface area contributed by atoms with E-state index in [1.165, 1.54) is 4.90 Å². The fraction of sp³-hybridized carbons (Fsp3) is 0.625. The van der Waals surface area contributed by atoms with Crippen LogP contribution in [-0.4, -0.2) is 62.0 Å². The predicted molar refractivity (Wildman–Crippen MR) is 106 cm³/mol. The molecular weight excluding hydrogens is 435 g/mol. The van der Waals surface area contributed by atoms with Crippen LogP contribution in [0, 0.1) is 3.70 Å². The summed E-state index contributed by atoms with van der Waals surface area (Å²) in [5.74, 6) is 0.852. The molecule has 0 aliphatic heterocycles. The van der Waals surface area contributed by atoms with Gasteiger partial charge in [-0.15, -0.1) is 0 Å². The molecule has 0 saturated heterocycles. The summed E-state index contributed by atoms with van der Waals surface area (Å²) in [6.07, 6.45) is 2.27. The minimum absolute atomic E-state index is 0.395. The number of amides is 1. The van der Waals surface area contributed by atoms with Crippen LogP contribution >= 0.6 is 22.6 Å². The molecule has 0 atom stereocenters. The molecule has 0 fully saturated rings. The van der Waals surface area contributed by atoms with Crippen molar-refractivity contribution in [3.8, 4) is 0 Å². The normalized spacial score (nSPS) is 11.8. The molecule has 1 N–H and O–H groups in total. The first kappa shape index (κ1) is 19.7. The van der Waals surface area contributed by atoms with Crippen LogP contribution in [0.5, 0.6) is 0 Å². The number of nitrogens with zero attached hydrogens (tertiary/aromatic N) is 6. The number of anilines is 1. The number of aryl methyl sites for hydroxylation is 1. The Morgan fingerprint density at radius 3 is 2.52 bits per heavy atom. The zero-order chi connectivity index (χ0) is 18.8. The van der Waals surface area contributed by atoms with Gasteiger partial charge in [-0.2, -0.15) is 5.10 Å². The lowest BCUT2D eigenvalue weighted by atomic mass is 10.1. The SMILES string of the molecule is CN(C)c1ncnc2c1c(I)nn2CCCCN(C(=O)O)C(C)(C)C. The molecule has 0 aromatic carbocycles. The average Bonchev–Trinajstić information content (AvgIpc) is 2.82. The van der Waals surface area contributed by atoms with Crippen LogP contribution in [0.3, 0.4) is 0 Å². The van der Waals surface area contributed by atoms with Gasteiger partial charge in [-0.1, -0.05) is 0 Å². The number of hydrogen-bond acceptors (Lipinski definition) is 5. The Kier molecular flexibility index (Phi) is 6.07. The summed E-state index contributed by atoms with van der Waals surface area (Å²) in [4.78, 5) is 23.5. The molecule has 0 bridgehead atoms. The van der Waals surface area contributed by atoms with Gasteiger partial charge in [0.2, 0.25) is 0 Å². The zero-order valence-electron chi connectivity index (χ0n) is 15.3. The van der Waals surface area contributed by atoms with Gasteiger partial charge in [-0.05, 0) is 56.2 Å². The molecule has 0 saturated carbocycles. The van der Waals surface area contributed by atoms with Crippen LogP contribution in [0.2, 0.25) is 0 Å². The van der Waals surface area contributed by atoms with E-state index in [1.807, 2.05) is 44.4 Å². The van der Waals surface area contributed by atoms with E-state index >= 15 is 0 Å². The van der Waals surface area contributed by atoms with Gasteiger partial charge in [-0.25, -0.2) is 19.4 Å². The Hall–Kier alpha value is -1.65. The van der Waals surface area contributed by atoms with Gasteiger partial charge in [0.1, 0.15) is 15.8 Å². The summed E-state index contributed by atoms with van der Waals surface area (Å²) in [5.41, 5.74) is 0.419. The Morgan fingerprint density at radius 2 is 1.96 bits per heavy atom. The first-order valence-corrected chi connectivity index (χ1v) is 9.25. The summed E-state index contributed by atoms with van der Waals surface area (Å²) < 4.78 is 2.76. The van der Waals surface area contributed by atoms with Crippen molar-refractivity contribution >= 4 is 45.5 Å². The van der Waals surface area contributed by atoms with E-state index in [9.17, 15) is 9.90 Å². The Balaban J connectivity index is 2.07. The summed E-state index contributed by atoms with van der Waals surface area (Å²) in [6, 6.07) is 0. The molecule has 0 spiro atoms. The fourth-order valence-corrected chi connectivity index (χ4v) is 3.44. The van der Waals surface area contributed by atoms with Crippen molar-refractivity contribution in [3.05, 3.63) is 10.0 Å². The lowest BCUT2D eigenvalue weighted by Crippen LogP contribution is -2.45. The van der Waals surface area contributed by atoms with Crippen molar-refractivity contribution in [2.75, 3.05) is 25.5 Å². The van der Waals surface area contributed by atoms with Crippen LogP contribution in [-0.2, 0) is 6.54 Å². The van der Waals surface area contributed by atoms with Gasteiger partial charge in [0.15, 0.2) is 5.65 Å². The van der Waals surface area contributed by atoms with Gasteiger partial charge in [-0.3, -0.25) is 0 Å². The molecule has 0 aliphatic rings. The highest BCUT2D eigenvalue weighted by molar-refractivity contribution is 14.1. The fourth-order valence-electron chi connectivity index (χ4n) is 2.70. The third-order valence-electron chi connectivity index (χ3n) is 3.93. The molecular formula is C16H25IN6O2. The standard InChI is InChI=1S/C16H25IN6O2/c1-16(2,3)22(15(24)25)8-6-7-9-23-14-11(12(17)20-23)13(21(4)5)18-10-19-14/h10H,6-9H2,1-5H3,(H,24,25). The Labute approximate surface area is 161 Å². The maximum atomic E-state index is 11.4. The van der Waals surface area contributed by atoms with Crippen LogP contribution in [0.15, 0.2) is 6.33 Å². The monoisotopic (exact) mass is 460 g/mol. The second-order valence-electron chi connectivity index (χ2n) is 7.12. The van der Waals surface area contributed by atoms with E-state index in [2.05, 4.69) is 37.7 Å². The molecule has 0 radical (unpaired) electrons. The molecule has 25 heavy (non-hydrogen) atoms.